The molecule has 4 rings (SSSR count). The second-order valence-corrected chi connectivity index (χ2v) is 7.92. The van der Waals surface area contributed by atoms with Crippen LogP contribution in [0.5, 0.6) is 5.75 Å². The van der Waals surface area contributed by atoms with E-state index in [4.69, 9.17) is 17.0 Å². The summed E-state index contributed by atoms with van der Waals surface area (Å²) in [4.78, 5) is 25.3. The summed E-state index contributed by atoms with van der Waals surface area (Å²) in [6, 6.07) is 32.3. The van der Waals surface area contributed by atoms with E-state index in [0.717, 1.165) is 21.9 Å². The van der Waals surface area contributed by atoms with Crippen LogP contribution in [0.4, 0.5) is 0 Å². The van der Waals surface area contributed by atoms with E-state index >= 15 is 0 Å². The summed E-state index contributed by atoms with van der Waals surface area (Å²) in [5.74, 6) is -0.680. The van der Waals surface area contributed by atoms with Gasteiger partial charge in [-0.1, -0.05) is 97.1 Å². The zero-order chi connectivity index (χ0) is 23.8. The van der Waals surface area contributed by atoms with Crippen molar-refractivity contribution in [1.82, 2.24) is 16.2 Å². The number of hydrogen-bond acceptors (Lipinski definition) is 4. The number of ether oxygens (including phenoxy) is 1. The molecule has 0 saturated heterocycles. The van der Waals surface area contributed by atoms with E-state index in [0.29, 0.717) is 5.75 Å². The Kier molecular flexibility index (Phi) is 7.47. The molecule has 2 amide bonds. The summed E-state index contributed by atoms with van der Waals surface area (Å²) in [7, 11) is 0. The van der Waals surface area contributed by atoms with Gasteiger partial charge in [0.1, 0.15) is 5.75 Å². The molecule has 0 aliphatic rings. The van der Waals surface area contributed by atoms with E-state index in [-0.39, 0.29) is 17.6 Å². The number of hydrazine groups is 1. The van der Waals surface area contributed by atoms with E-state index in [1.807, 2.05) is 97.1 Å². The summed E-state index contributed by atoms with van der Waals surface area (Å²) in [6.45, 7) is -0.222. The van der Waals surface area contributed by atoms with Gasteiger partial charge in [-0.2, -0.15) is 0 Å². The molecule has 0 atom stereocenters. The van der Waals surface area contributed by atoms with Crippen molar-refractivity contribution in [2.75, 3.05) is 6.61 Å². The van der Waals surface area contributed by atoms with E-state index in [1.165, 1.54) is 0 Å². The molecular formula is C27H23N3O3S. The Morgan fingerprint density at radius 3 is 2.00 bits per heavy atom. The van der Waals surface area contributed by atoms with E-state index < -0.39 is 11.8 Å². The first-order valence-corrected chi connectivity index (χ1v) is 11.1. The van der Waals surface area contributed by atoms with Crippen molar-refractivity contribution in [2.24, 2.45) is 0 Å². The van der Waals surface area contributed by atoms with Gasteiger partial charge in [0, 0.05) is 5.39 Å². The van der Waals surface area contributed by atoms with Gasteiger partial charge in [0.25, 0.3) is 5.91 Å². The lowest BCUT2D eigenvalue weighted by Crippen LogP contribution is -2.50. The lowest BCUT2D eigenvalue weighted by molar-refractivity contribution is -0.123. The minimum Gasteiger partial charge on any atom is -0.483 e. The topological polar surface area (TPSA) is 79.5 Å². The molecule has 7 heteroatoms. The van der Waals surface area contributed by atoms with Gasteiger partial charge in [-0.3, -0.25) is 25.8 Å². The molecule has 0 unspecified atom stereocenters. The maximum atomic E-state index is 13.0. The van der Waals surface area contributed by atoms with Crippen LogP contribution >= 0.6 is 12.2 Å². The predicted octanol–water partition coefficient (Wildman–Crippen LogP) is 4.07. The summed E-state index contributed by atoms with van der Waals surface area (Å²) in [5, 5.41) is 4.42. The summed E-state index contributed by atoms with van der Waals surface area (Å²) in [6.07, 6.45) is 0. The third-order valence-electron chi connectivity index (χ3n) is 5.19. The van der Waals surface area contributed by atoms with Gasteiger partial charge >= 0.3 is 0 Å². The minimum atomic E-state index is -0.539. The molecule has 0 spiro atoms. The van der Waals surface area contributed by atoms with Gasteiger partial charge in [-0.05, 0) is 34.8 Å². The van der Waals surface area contributed by atoms with Gasteiger partial charge in [-0.15, -0.1) is 0 Å². The number of thiocarbonyl (C=S) groups is 1. The van der Waals surface area contributed by atoms with Crippen molar-refractivity contribution in [3.8, 4) is 5.75 Å². The first kappa shape index (κ1) is 22.9. The van der Waals surface area contributed by atoms with Crippen LogP contribution in [0.1, 0.15) is 17.0 Å². The number of benzene rings is 4. The Hall–Kier alpha value is -4.23. The van der Waals surface area contributed by atoms with Crippen molar-refractivity contribution in [3.63, 3.8) is 0 Å². The SMILES string of the molecule is O=C(COc1cccc2ccccc12)NC(=S)NNC(=O)C(c1ccccc1)c1ccccc1. The Morgan fingerprint density at radius 1 is 0.735 bits per heavy atom. The van der Waals surface area contributed by atoms with Crippen LogP contribution in [0.25, 0.3) is 10.8 Å². The number of carbonyl (C=O) groups is 2. The molecule has 34 heavy (non-hydrogen) atoms. The quantitative estimate of drug-likeness (QED) is 0.293. The van der Waals surface area contributed by atoms with Gasteiger partial charge in [0.2, 0.25) is 5.91 Å². The fourth-order valence-electron chi connectivity index (χ4n) is 3.64. The van der Waals surface area contributed by atoms with Gasteiger partial charge in [-0.25, -0.2) is 0 Å². The Morgan fingerprint density at radius 2 is 1.32 bits per heavy atom. The van der Waals surface area contributed by atoms with Crippen LogP contribution in [0.2, 0.25) is 0 Å². The van der Waals surface area contributed by atoms with E-state index in [1.54, 1.807) is 6.07 Å². The van der Waals surface area contributed by atoms with E-state index in [2.05, 4.69) is 16.2 Å². The number of rotatable bonds is 6. The molecule has 0 aliphatic heterocycles. The Labute approximate surface area is 202 Å². The van der Waals surface area contributed by atoms with Crippen molar-refractivity contribution in [2.45, 2.75) is 5.92 Å². The van der Waals surface area contributed by atoms with Crippen molar-refractivity contribution in [3.05, 3.63) is 114 Å². The fraction of sp³-hybridized carbons (Fsp3) is 0.0741. The molecule has 0 fully saturated rings. The summed E-state index contributed by atoms with van der Waals surface area (Å²) >= 11 is 5.16. The second-order valence-electron chi connectivity index (χ2n) is 7.51. The third kappa shape index (κ3) is 5.76. The average molecular weight is 470 g/mol. The van der Waals surface area contributed by atoms with Crippen LogP contribution < -0.4 is 20.9 Å². The standard InChI is InChI=1S/C27H23N3O3S/c31-24(18-33-23-17-9-15-19-10-7-8-16-22(19)23)28-27(34)30-29-26(32)25(20-11-3-1-4-12-20)21-13-5-2-6-14-21/h1-17,25H,18H2,(H,29,32)(H2,28,30,31,34). The van der Waals surface area contributed by atoms with E-state index in [9.17, 15) is 9.59 Å². The monoisotopic (exact) mass is 469 g/mol. The largest absolute Gasteiger partial charge is 0.483 e. The average Bonchev–Trinajstić information content (AvgIpc) is 2.87. The number of nitrogens with one attached hydrogen (secondary N) is 3. The van der Waals surface area contributed by atoms with Crippen molar-refractivity contribution < 1.29 is 14.3 Å². The van der Waals surface area contributed by atoms with Gasteiger partial charge in [0.05, 0.1) is 5.92 Å². The highest BCUT2D eigenvalue weighted by Gasteiger charge is 2.22. The summed E-state index contributed by atoms with van der Waals surface area (Å²) < 4.78 is 5.67. The zero-order valence-corrected chi connectivity index (χ0v) is 19.0. The van der Waals surface area contributed by atoms with Crippen molar-refractivity contribution >= 4 is 39.9 Å². The Balaban J connectivity index is 1.32. The van der Waals surface area contributed by atoms with Crippen LogP contribution in [-0.4, -0.2) is 23.5 Å². The molecule has 0 aromatic heterocycles. The highest BCUT2D eigenvalue weighted by Crippen LogP contribution is 2.25. The van der Waals surface area contributed by atoms with Gasteiger partial charge in [0.15, 0.2) is 11.7 Å². The smallest absolute Gasteiger partial charge is 0.264 e. The number of amides is 2. The highest BCUT2D eigenvalue weighted by molar-refractivity contribution is 7.80. The maximum Gasteiger partial charge on any atom is 0.264 e. The zero-order valence-electron chi connectivity index (χ0n) is 18.2. The molecule has 0 heterocycles. The van der Waals surface area contributed by atoms with Crippen LogP contribution in [0, 0.1) is 0 Å². The van der Waals surface area contributed by atoms with Gasteiger partial charge < -0.3 is 4.74 Å². The molecule has 0 bridgehead atoms. The minimum absolute atomic E-state index is 0.0280. The predicted molar refractivity (Wildman–Crippen MR) is 136 cm³/mol. The van der Waals surface area contributed by atoms with Crippen LogP contribution in [-0.2, 0) is 9.59 Å². The van der Waals surface area contributed by atoms with Crippen molar-refractivity contribution in [1.29, 1.82) is 0 Å². The highest BCUT2D eigenvalue weighted by atomic mass is 32.1. The molecule has 0 saturated carbocycles. The molecule has 0 aliphatic carbocycles. The molecule has 170 valence electrons. The lowest BCUT2D eigenvalue weighted by Gasteiger charge is -2.19. The molecule has 4 aromatic rings. The van der Waals surface area contributed by atoms with Crippen LogP contribution in [0.3, 0.4) is 0 Å². The fourth-order valence-corrected chi connectivity index (χ4v) is 3.80. The van der Waals surface area contributed by atoms with Crippen LogP contribution in [0.15, 0.2) is 103 Å². The first-order chi connectivity index (χ1) is 16.6. The second kappa shape index (κ2) is 11.1. The number of hydrogen-bond donors (Lipinski definition) is 3. The maximum absolute atomic E-state index is 13.0. The Bertz CT molecular complexity index is 1250. The lowest BCUT2D eigenvalue weighted by atomic mass is 9.91. The first-order valence-electron chi connectivity index (χ1n) is 10.7. The molecule has 6 nitrogen and oxygen atoms in total. The summed E-state index contributed by atoms with van der Waals surface area (Å²) in [5.41, 5.74) is 6.88. The number of fused-ring (bicyclic) bond motifs is 1. The third-order valence-corrected chi connectivity index (χ3v) is 5.39. The normalized spacial score (nSPS) is 10.5. The molecule has 3 N–H and O–H groups in total. The molecule has 0 radical (unpaired) electrons. The molecular weight excluding hydrogens is 446 g/mol. The molecule has 4 aromatic carbocycles. The number of carbonyl (C=O) groups excluding carboxylic acids is 2.